The van der Waals surface area contributed by atoms with Crippen molar-refractivity contribution in [3.05, 3.63) is 56.4 Å². The summed E-state index contributed by atoms with van der Waals surface area (Å²) >= 11 is 8.10. The van der Waals surface area contributed by atoms with Gasteiger partial charge in [-0.05, 0) is 73.8 Å². The zero-order valence-electron chi connectivity index (χ0n) is 20.5. The van der Waals surface area contributed by atoms with Crippen molar-refractivity contribution in [1.82, 2.24) is 15.5 Å². The molecule has 0 saturated carbocycles. The van der Waals surface area contributed by atoms with Crippen molar-refractivity contribution >= 4 is 46.4 Å². The van der Waals surface area contributed by atoms with E-state index in [1.807, 2.05) is 19.2 Å². The molecule has 9 heteroatoms. The van der Waals surface area contributed by atoms with E-state index in [4.69, 9.17) is 16.7 Å². The van der Waals surface area contributed by atoms with E-state index < -0.39 is 0 Å². The number of halogens is 1. The van der Waals surface area contributed by atoms with Gasteiger partial charge in [0.2, 0.25) is 11.8 Å². The van der Waals surface area contributed by atoms with Crippen molar-refractivity contribution in [3.8, 4) is 0 Å². The Morgan fingerprint density at radius 2 is 2.08 bits per heavy atom. The number of anilines is 1. The Kier molecular flexibility index (Phi) is 7.76. The maximum absolute atomic E-state index is 12.3. The topological polar surface area (TPSA) is 93.7 Å². The molecule has 7 nitrogen and oxygen atoms in total. The summed E-state index contributed by atoms with van der Waals surface area (Å²) in [6, 6.07) is 4.54. The molecule has 5 aliphatic heterocycles. The zero-order chi connectivity index (χ0) is 25.2. The van der Waals surface area contributed by atoms with E-state index in [1.165, 1.54) is 27.5 Å². The SMILES string of the molecule is CC1CC(=O)N(CC2=CC3NC=CC(c4cc(Cl)cc5c4NCCC5)=C3S2)C1=O.OCC1CCCN1. The van der Waals surface area contributed by atoms with Gasteiger partial charge in [-0.2, -0.15) is 0 Å². The van der Waals surface area contributed by atoms with Crippen LogP contribution in [0.2, 0.25) is 5.02 Å². The molecule has 4 N–H and O–H groups in total. The Balaban J connectivity index is 0.000000330. The van der Waals surface area contributed by atoms with E-state index in [1.54, 1.807) is 11.8 Å². The molecule has 192 valence electrons. The average Bonchev–Trinajstić information content (AvgIpc) is 3.60. The lowest BCUT2D eigenvalue weighted by Gasteiger charge is -2.26. The number of amides is 2. The van der Waals surface area contributed by atoms with Gasteiger partial charge in [0.05, 0.1) is 19.2 Å². The number of dihydropyridines is 1. The average molecular weight is 529 g/mol. The summed E-state index contributed by atoms with van der Waals surface area (Å²) in [6.07, 6.45) is 11.0. The largest absolute Gasteiger partial charge is 0.395 e. The van der Waals surface area contributed by atoms with Crippen molar-refractivity contribution in [2.45, 2.75) is 51.1 Å². The highest BCUT2D eigenvalue weighted by Gasteiger charge is 2.37. The minimum Gasteiger partial charge on any atom is -0.395 e. The van der Waals surface area contributed by atoms with Crippen LogP contribution in [0.5, 0.6) is 0 Å². The monoisotopic (exact) mass is 528 g/mol. The van der Waals surface area contributed by atoms with Crippen LogP contribution in [-0.4, -0.2) is 60.1 Å². The van der Waals surface area contributed by atoms with Gasteiger partial charge in [0.15, 0.2) is 0 Å². The Labute approximate surface area is 221 Å². The molecule has 3 unspecified atom stereocenters. The van der Waals surface area contributed by atoms with E-state index in [-0.39, 0.29) is 23.8 Å². The normalized spacial score (nSPS) is 26.7. The van der Waals surface area contributed by atoms with Gasteiger partial charge in [-0.3, -0.25) is 14.5 Å². The molecule has 0 aliphatic carbocycles. The second-order valence-corrected chi connectivity index (χ2v) is 11.5. The van der Waals surface area contributed by atoms with Crippen LogP contribution < -0.4 is 16.0 Å². The van der Waals surface area contributed by atoms with E-state index in [2.05, 4.69) is 34.2 Å². The van der Waals surface area contributed by atoms with Crippen LogP contribution in [-0.2, 0) is 16.0 Å². The fraction of sp³-hybridized carbons (Fsp3) is 0.481. The quantitative estimate of drug-likeness (QED) is 0.443. The number of hydrogen-bond donors (Lipinski definition) is 4. The number of likely N-dealkylation sites (tertiary alicyclic amines) is 1. The molecule has 2 fully saturated rings. The lowest BCUT2D eigenvalue weighted by atomic mass is 9.93. The zero-order valence-corrected chi connectivity index (χ0v) is 22.1. The highest BCUT2D eigenvalue weighted by molar-refractivity contribution is 8.07. The number of hydrogen-bond acceptors (Lipinski definition) is 7. The van der Waals surface area contributed by atoms with Gasteiger partial charge in [0.25, 0.3) is 0 Å². The van der Waals surface area contributed by atoms with Crippen molar-refractivity contribution in [2.24, 2.45) is 5.92 Å². The van der Waals surface area contributed by atoms with Gasteiger partial charge in [0, 0.05) is 51.0 Å². The fourth-order valence-electron chi connectivity index (χ4n) is 5.33. The van der Waals surface area contributed by atoms with Crippen LogP contribution in [0.25, 0.3) is 5.57 Å². The molecule has 1 aromatic rings. The lowest BCUT2D eigenvalue weighted by Crippen LogP contribution is -2.31. The van der Waals surface area contributed by atoms with E-state index in [9.17, 15) is 9.59 Å². The third-order valence-electron chi connectivity index (χ3n) is 7.23. The van der Waals surface area contributed by atoms with Gasteiger partial charge in [-0.25, -0.2) is 0 Å². The summed E-state index contributed by atoms with van der Waals surface area (Å²) < 4.78 is 0. The van der Waals surface area contributed by atoms with Crippen LogP contribution in [0, 0.1) is 5.92 Å². The van der Waals surface area contributed by atoms with Crippen molar-refractivity contribution < 1.29 is 14.7 Å². The third-order valence-corrected chi connectivity index (χ3v) is 8.67. The van der Waals surface area contributed by atoms with Gasteiger partial charge < -0.3 is 21.1 Å². The highest BCUT2D eigenvalue weighted by atomic mass is 35.5. The molecule has 6 rings (SSSR count). The molecule has 2 amide bonds. The molecule has 5 heterocycles. The van der Waals surface area contributed by atoms with Crippen molar-refractivity contribution in [1.29, 1.82) is 0 Å². The number of aliphatic hydroxyl groups is 1. The molecule has 0 radical (unpaired) electrons. The first-order valence-corrected chi connectivity index (χ1v) is 13.9. The molecule has 2 saturated heterocycles. The number of nitrogens with one attached hydrogen (secondary N) is 3. The minimum atomic E-state index is -0.213. The maximum Gasteiger partial charge on any atom is 0.232 e. The fourth-order valence-corrected chi connectivity index (χ4v) is 6.80. The van der Waals surface area contributed by atoms with Gasteiger partial charge >= 0.3 is 0 Å². The van der Waals surface area contributed by atoms with Crippen LogP contribution in [0.4, 0.5) is 5.69 Å². The number of imide groups is 1. The third kappa shape index (κ3) is 5.23. The summed E-state index contributed by atoms with van der Waals surface area (Å²) in [5, 5.41) is 19.3. The Bertz CT molecular complexity index is 1140. The van der Waals surface area contributed by atoms with Gasteiger partial charge in [-0.15, -0.1) is 0 Å². The number of allylic oxidation sites excluding steroid dienone is 2. The molecular weight excluding hydrogens is 496 g/mol. The number of rotatable bonds is 4. The summed E-state index contributed by atoms with van der Waals surface area (Å²) in [4.78, 5) is 28.1. The molecule has 36 heavy (non-hydrogen) atoms. The second kappa shape index (κ2) is 11.0. The molecule has 5 aliphatic rings. The number of thioether (sulfide) groups is 1. The Hall–Kier alpha value is -2.26. The van der Waals surface area contributed by atoms with Gasteiger partial charge in [0.1, 0.15) is 0 Å². The number of nitrogens with zero attached hydrogens (tertiary/aromatic N) is 1. The minimum absolute atomic E-state index is 0.0541. The molecular formula is C27H33ClN4O3S. The second-order valence-electron chi connectivity index (χ2n) is 9.91. The first kappa shape index (κ1) is 25.4. The summed E-state index contributed by atoms with van der Waals surface area (Å²) in [5.74, 6) is -0.359. The smallest absolute Gasteiger partial charge is 0.232 e. The predicted octanol–water partition coefficient (Wildman–Crippen LogP) is 3.65. The van der Waals surface area contributed by atoms with Crippen molar-refractivity contribution in [3.63, 3.8) is 0 Å². The van der Waals surface area contributed by atoms with Crippen molar-refractivity contribution in [2.75, 3.05) is 31.6 Å². The lowest BCUT2D eigenvalue weighted by molar-refractivity contribution is -0.138. The summed E-state index contributed by atoms with van der Waals surface area (Å²) in [7, 11) is 0. The van der Waals surface area contributed by atoms with Crippen LogP contribution >= 0.6 is 23.4 Å². The molecule has 0 bridgehead atoms. The number of benzene rings is 1. The van der Waals surface area contributed by atoms with Crippen LogP contribution in [0.1, 0.15) is 43.7 Å². The maximum atomic E-state index is 12.3. The predicted molar refractivity (Wildman–Crippen MR) is 146 cm³/mol. The molecule has 0 aromatic heterocycles. The van der Waals surface area contributed by atoms with E-state index in [0.29, 0.717) is 25.6 Å². The van der Waals surface area contributed by atoms with E-state index >= 15 is 0 Å². The van der Waals surface area contributed by atoms with Crippen LogP contribution in [0.3, 0.4) is 0 Å². The first-order chi connectivity index (χ1) is 17.4. The Morgan fingerprint density at radius 3 is 2.78 bits per heavy atom. The van der Waals surface area contributed by atoms with E-state index in [0.717, 1.165) is 53.4 Å². The number of carbonyl (C=O) groups is 2. The number of aryl methyl sites for hydroxylation is 1. The molecule has 3 atom stereocenters. The number of carbonyl (C=O) groups excluding carboxylic acids is 2. The first-order valence-electron chi connectivity index (χ1n) is 12.7. The molecule has 0 spiro atoms. The number of fused-ring (bicyclic) bond motifs is 2. The number of aliphatic hydroxyl groups excluding tert-OH is 1. The standard InChI is InChI=1S/C22H22ClN3O2S.C5H11NO/c1-12-7-19(27)26(22(12)28)11-15-10-18-21(29-15)16(4-6-24-18)17-9-14(23)8-13-3-2-5-25-20(13)17;7-4-5-2-1-3-6-5/h4,6,8-10,12,18,24-25H,2-3,5,7,11H2,1H3;5-7H,1-4H2. The summed E-state index contributed by atoms with van der Waals surface area (Å²) in [6.45, 7) is 4.53. The summed E-state index contributed by atoms with van der Waals surface area (Å²) in [5.41, 5.74) is 4.69. The highest BCUT2D eigenvalue weighted by Crippen LogP contribution is 2.46. The van der Waals surface area contributed by atoms with Crippen LogP contribution in [0.15, 0.2) is 40.3 Å². The van der Waals surface area contributed by atoms with Gasteiger partial charge in [-0.1, -0.05) is 30.3 Å². The Morgan fingerprint density at radius 1 is 1.22 bits per heavy atom. The molecule has 1 aromatic carbocycles.